The molecule has 0 bridgehead atoms. The minimum absolute atomic E-state index is 0.0872. The zero-order valence-corrected chi connectivity index (χ0v) is 11.8. The van der Waals surface area contributed by atoms with Crippen LogP contribution >= 0.6 is 15.9 Å². The van der Waals surface area contributed by atoms with E-state index in [-0.39, 0.29) is 23.8 Å². The van der Waals surface area contributed by atoms with Gasteiger partial charge in [0.15, 0.2) is 0 Å². The third-order valence-corrected chi connectivity index (χ3v) is 4.11. The first-order valence-corrected chi connectivity index (χ1v) is 6.76. The largest absolute Gasteiger partial charge is 0.337 e. The SMILES string of the molecule is CN1C(=O)CCCC(N)C1c1ccc(F)cc1Br. The van der Waals surface area contributed by atoms with Gasteiger partial charge in [-0.1, -0.05) is 22.0 Å². The molecule has 2 unspecified atom stereocenters. The average molecular weight is 315 g/mol. The minimum atomic E-state index is -0.304. The maximum Gasteiger partial charge on any atom is 0.222 e. The number of hydrogen-bond donors (Lipinski definition) is 1. The van der Waals surface area contributed by atoms with Crippen LogP contribution in [0.2, 0.25) is 0 Å². The van der Waals surface area contributed by atoms with Gasteiger partial charge in [-0.2, -0.15) is 0 Å². The number of benzene rings is 1. The van der Waals surface area contributed by atoms with Gasteiger partial charge in [0.25, 0.3) is 0 Å². The first kappa shape index (κ1) is 13.5. The van der Waals surface area contributed by atoms with Gasteiger partial charge in [0.2, 0.25) is 5.91 Å². The second-order valence-corrected chi connectivity index (χ2v) is 5.53. The van der Waals surface area contributed by atoms with Crippen LogP contribution < -0.4 is 5.73 Å². The second-order valence-electron chi connectivity index (χ2n) is 4.67. The van der Waals surface area contributed by atoms with Crippen molar-refractivity contribution in [3.63, 3.8) is 0 Å². The lowest BCUT2D eigenvalue weighted by molar-refractivity contribution is -0.131. The number of carbonyl (C=O) groups excluding carboxylic acids is 1. The molecule has 2 rings (SSSR count). The van der Waals surface area contributed by atoms with Crippen molar-refractivity contribution < 1.29 is 9.18 Å². The van der Waals surface area contributed by atoms with E-state index >= 15 is 0 Å². The summed E-state index contributed by atoms with van der Waals surface area (Å²) in [6.45, 7) is 0. The second kappa shape index (κ2) is 5.36. The van der Waals surface area contributed by atoms with Crippen LogP contribution in [0.4, 0.5) is 4.39 Å². The Morgan fingerprint density at radius 2 is 2.22 bits per heavy atom. The molecule has 2 atom stereocenters. The molecule has 5 heteroatoms. The molecule has 0 aliphatic carbocycles. The summed E-state index contributed by atoms with van der Waals surface area (Å²) in [5.74, 6) is -0.217. The van der Waals surface area contributed by atoms with Crippen molar-refractivity contribution >= 4 is 21.8 Å². The third-order valence-electron chi connectivity index (χ3n) is 3.43. The summed E-state index contributed by atoms with van der Waals surface area (Å²) in [4.78, 5) is 13.6. The van der Waals surface area contributed by atoms with E-state index in [0.717, 1.165) is 18.4 Å². The fraction of sp³-hybridized carbons (Fsp3) is 0.462. The van der Waals surface area contributed by atoms with Gasteiger partial charge in [-0.15, -0.1) is 0 Å². The average Bonchev–Trinajstić information content (AvgIpc) is 2.42. The highest BCUT2D eigenvalue weighted by molar-refractivity contribution is 9.10. The van der Waals surface area contributed by atoms with E-state index < -0.39 is 0 Å². The standard InChI is InChI=1S/C13H16BrFN2O/c1-17-12(18)4-2-3-11(16)13(17)9-6-5-8(15)7-10(9)14/h5-7,11,13H,2-4,16H2,1H3. The van der Waals surface area contributed by atoms with E-state index in [1.807, 2.05) is 0 Å². The molecule has 0 radical (unpaired) electrons. The van der Waals surface area contributed by atoms with Gasteiger partial charge in [-0.25, -0.2) is 4.39 Å². The molecule has 98 valence electrons. The number of halogens is 2. The van der Waals surface area contributed by atoms with Crippen molar-refractivity contribution in [2.75, 3.05) is 7.05 Å². The minimum Gasteiger partial charge on any atom is -0.337 e. The lowest BCUT2D eigenvalue weighted by atomic mass is 9.96. The Balaban J connectivity index is 2.41. The van der Waals surface area contributed by atoms with E-state index in [1.54, 1.807) is 18.0 Å². The molecule has 18 heavy (non-hydrogen) atoms. The van der Waals surface area contributed by atoms with Crippen LogP contribution in [0, 0.1) is 5.82 Å². The first-order valence-electron chi connectivity index (χ1n) is 5.97. The number of hydrogen-bond acceptors (Lipinski definition) is 2. The molecule has 1 heterocycles. The summed E-state index contributed by atoms with van der Waals surface area (Å²) >= 11 is 3.35. The molecule has 0 aromatic heterocycles. The van der Waals surface area contributed by atoms with Crippen molar-refractivity contribution in [1.82, 2.24) is 4.90 Å². The van der Waals surface area contributed by atoms with Crippen molar-refractivity contribution in [1.29, 1.82) is 0 Å². The van der Waals surface area contributed by atoms with Crippen molar-refractivity contribution in [3.05, 3.63) is 34.1 Å². The summed E-state index contributed by atoms with van der Waals surface area (Å²) < 4.78 is 13.8. The maximum absolute atomic E-state index is 13.1. The Morgan fingerprint density at radius 1 is 1.50 bits per heavy atom. The highest BCUT2D eigenvalue weighted by Gasteiger charge is 2.31. The zero-order valence-electron chi connectivity index (χ0n) is 10.2. The summed E-state index contributed by atoms with van der Waals surface area (Å²) in [5.41, 5.74) is 7.02. The van der Waals surface area contributed by atoms with Crippen LogP contribution in [0.1, 0.15) is 30.9 Å². The topological polar surface area (TPSA) is 46.3 Å². The molecule has 1 aliphatic heterocycles. The molecule has 1 fully saturated rings. The van der Waals surface area contributed by atoms with Gasteiger partial charge in [0, 0.05) is 24.0 Å². The number of rotatable bonds is 1. The predicted octanol–water partition coefficient (Wildman–Crippen LogP) is 2.60. The maximum atomic E-state index is 13.1. The molecule has 3 nitrogen and oxygen atoms in total. The van der Waals surface area contributed by atoms with Crippen molar-refractivity contribution in [3.8, 4) is 0 Å². The molecular formula is C13H16BrFN2O. The molecule has 1 aromatic carbocycles. The van der Waals surface area contributed by atoms with E-state index in [0.29, 0.717) is 10.9 Å². The molecular weight excluding hydrogens is 299 g/mol. The smallest absolute Gasteiger partial charge is 0.222 e. The molecule has 2 N–H and O–H groups in total. The number of likely N-dealkylation sites (tertiary alicyclic amines) is 1. The lowest BCUT2D eigenvalue weighted by Gasteiger charge is -2.31. The van der Waals surface area contributed by atoms with Gasteiger partial charge in [-0.3, -0.25) is 4.79 Å². The van der Waals surface area contributed by atoms with Gasteiger partial charge < -0.3 is 10.6 Å². The first-order chi connectivity index (χ1) is 8.50. The van der Waals surface area contributed by atoms with Crippen LogP contribution in [0.15, 0.2) is 22.7 Å². The van der Waals surface area contributed by atoms with E-state index in [4.69, 9.17) is 5.73 Å². The van der Waals surface area contributed by atoms with Crippen molar-refractivity contribution in [2.24, 2.45) is 5.73 Å². The number of nitrogens with two attached hydrogens (primary N) is 1. The normalized spacial score (nSPS) is 25.1. The molecule has 1 aromatic rings. The fourth-order valence-corrected chi connectivity index (χ4v) is 3.03. The Kier molecular flexibility index (Phi) is 4.02. The molecule has 0 saturated carbocycles. The van der Waals surface area contributed by atoms with E-state index in [2.05, 4.69) is 15.9 Å². The monoisotopic (exact) mass is 314 g/mol. The molecule has 0 spiro atoms. The van der Waals surface area contributed by atoms with Crippen LogP contribution in [0.3, 0.4) is 0 Å². The quantitative estimate of drug-likeness (QED) is 0.866. The van der Waals surface area contributed by atoms with Crippen LogP contribution in [-0.4, -0.2) is 23.9 Å². The molecule has 1 amide bonds. The molecule has 1 aliphatic rings. The Hall–Kier alpha value is -0.940. The predicted molar refractivity (Wildman–Crippen MR) is 71.4 cm³/mol. The Labute approximate surface area is 114 Å². The summed E-state index contributed by atoms with van der Waals surface area (Å²) in [5, 5.41) is 0. The number of nitrogens with zero attached hydrogens (tertiary/aromatic N) is 1. The van der Waals surface area contributed by atoms with Crippen molar-refractivity contribution in [2.45, 2.75) is 31.3 Å². The highest BCUT2D eigenvalue weighted by Crippen LogP contribution is 2.33. The summed E-state index contributed by atoms with van der Waals surface area (Å²) in [6, 6.07) is 4.18. The summed E-state index contributed by atoms with van der Waals surface area (Å²) in [6.07, 6.45) is 2.13. The number of carbonyl (C=O) groups is 1. The van der Waals surface area contributed by atoms with Crippen LogP contribution in [0.5, 0.6) is 0 Å². The van der Waals surface area contributed by atoms with Crippen LogP contribution in [0.25, 0.3) is 0 Å². The number of likely N-dealkylation sites (N-methyl/N-ethyl adjacent to an activating group) is 1. The number of amides is 1. The Bertz CT molecular complexity index is 466. The molecule has 1 saturated heterocycles. The van der Waals surface area contributed by atoms with Gasteiger partial charge in [0.1, 0.15) is 5.82 Å². The fourth-order valence-electron chi connectivity index (χ4n) is 2.45. The highest BCUT2D eigenvalue weighted by atomic mass is 79.9. The third kappa shape index (κ3) is 2.57. The summed E-state index contributed by atoms with van der Waals surface area (Å²) in [7, 11) is 1.76. The van der Waals surface area contributed by atoms with Gasteiger partial charge in [0.05, 0.1) is 6.04 Å². The van der Waals surface area contributed by atoms with Gasteiger partial charge >= 0.3 is 0 Å². The van der Waals surface area contributed by atoms with Crippen LogP contribution in [-0.2, 0) is 4.79 Å². The zero-order chi connectivity index (χ0) is 13.3. The Morgan fingerprint density at radius 3 is 2.89 bits per heavy atom. The van der Waals surface area contributed by atoms with Gasteiger partial charge in [-0.05, 0) is 30.5 Å². The van der Waals surface area contributed by atoms with E-state index in [1.165, 1.54) is 12.1 Å². The lowest BCUT2D eigenvalue weighted by Crippen LogP contribution is -2.40. The van der Waals surface area contributed by atoms with E-state index in [9.17, 15) is 9.18 Å².